The first-order valence-corrected chi connectivity index (χ1v) is 11.5. The molecule has 9 nitrogen and oxygen atoms in total. The summed E-state index contributed by atoms with van der Waals surface area (Å²) < 4.78 is 34.7. The van der Waals surface area contributed by atoms with E-state index in [0.717, 1.165) is 33.5 Å². The molecule has 0 bridgehead atoms. The summed E-state index contributed by atoms with van der Waals surface area (Å²) in [7, 11) is 1.17. The normalized spacial score (nSPS) is 15.4. The topological polar surface area (TPSA) is 96.8 Å². The number of carbonyl (C=O) groups is 3. The molecular weight excluding hydrogens is 484 g/mol. The molecule has 4 rings (SSSR count). The molecule has 1 aliphatic heterocycles. The van der Waals surface area contributed by atoms with Gasteiger partial charge in [-0.1, -0.05) is 36.4 Å². The lowest BCUT2D eigenvalue weighted by molar-refractivity contribution is -0.141. The van der Waals surface area contributed by atoms with Gasteiger partial charge in [0.15, 0.2) is 11.6 Å². The minimum absolute atomic E-state index is 0.0130. The van der Waals surface area contributed by atoms with Gasteiger partial charge >= 0.3 is 12.0 Å². The summed E-state index contributed by atoms with van der Waals surface area (Å²) in [5, 5.41) is 4.68. The van der Waals surface area contributed by atoms with Crippen LogP contribution in [0.15, 0.2) is 72.2 Å². The molecule has 0 saturated heterocycles. The van der Waals surface area contributed by atoms with Crippen LogP contribution in [0.25, 0.3) is 11.4 Å². The Kier molecular flexibility index (Phi) is 7.61. The molecular formula is C26H25F2N5O4. The molecule has 0 aliphatic carbocycles. The molecule has 0 saturated carbocycles. The van der Waals surface area contributed by atoms with Gasteiger partial charge in [0.2, 0.25) is 6.41 Å². The first kappa shape index (κ1) is 25.5. The average molecular weight is 510 g/mol. The number of benzene rings is 2. The lowest BCUT2D eigenvalue weighted by Gasteiger charge is -2.42. The number of aromatic nitrogens is 2. The van der Waals surface area contributed by atoms with Gasteiger partial charge in [-0.2, -0.15) is 0 Å². The molecule has 2 aromatic carbocycles. The molecule has 0 radical (unpaired) electrons. The van der Waals surface area contributed by atoms with E-state index in [0.29, 0.717) is 19.4 Å². The zero-order chi connectivity index (χ0) is 26.5. The number of nitrogens with one attached hydrogen (secondary N) is 1. The van der Waals surface area contributed by atoms with Crippen molar-refractivity contribution in [2.75, 3.05) is 13.7 Å². The van der Waals surface area contributed by atoms with E-state index < -0.39 is 29.7 Å². The van der Waals surface area contributed by atoms with Gasteiger partial charge in [-0.15, -0.1) is 0 Å². The Labute approximate surface area is 211 Å². The molecule has 2 heterocycles. The minimum atomic E-state index is -1.23. The van der Waals surface area contributed by atoms with Crippen molar-refractivity contribution < 1.29 is 27.9 Å². The maximum atomic E-state index is 14.2. The Morgan fingerprint density at radius 3 is 2.62 bits per heavy atom. The number of carbonyl (C=O) groups excluding carboxylic acids is 3. The molecule has 3 aromatic rings. The number of imidazole rings is 1. The van der Waals surface area contributed by atoms with E-state index in [4.69, 9.17) is 4.74 Å². The van der Waals surface area contributed by atoms with Crippen molar-refractivity contribution in [3.63, 3.8) is 0 Å². The summed E-state index contributed by atoms with van der Waals surface area (Å²) >= 11 is 0. The average Bonchev–Trinajstić information content (AvgIpc) is 3.37. The van der Waals surface area contributed by atoms with E-state index >= 15 is 0 Å². The Hall–Kier alpha value is -4.54. The molecule has 11 heteroatoms. The Morgan fingerprint density at radius 2 is 1.95 bits per heavy atom. The number of nitrogens with zero attached hydrogens (tertiary/aromatic N) is 4. The number of hydrazine groups is 1. The smallest absolute Gasteiger partial charge is 0.341 e. The summed E-state index contributed by atoms with van der Waals surface area (Å²) in [5.74, 6) is -2.27. The number of allylic oxidation sites excluding steroid dienone is 1. The lowest BCUT2D eigenvalue weighted by Crippen LogP contribution is -2.56. The largest absolute Gasteiger partial charge is 0.466 e. The first-order chi connectivity index (χ1) is 17.8. The van der Waals surface area contributed by atoms with Crippen LogP contribution >= 0.6 is 0 Å². The molecule has 192 valence electrons. The van der Waals surface area contributed by atoms with Gasteiger partial charge in [0.25, 0.3) is 0 Å². The van der Waals surface area contributed by atoms with Gasteiger partial charge in [-0.3, -0.25) is 9.80 Å². The Morgan fingerprint density at radius 1 is 1.19 bits per heavy atom. The number of esters is 1. The summed E-state index contributed by atoms with van der Waals surface area (Å²) in [6, 6.07) is 10.7. The quantitative estimate of drug-likeness (QED) is 0.350. The van der Waals surface area contributed by atoms with Crippen LogP contribution in [0.2, 0.25) is 0 Å². The number of hydrogen-bond donors (Lipinski definition) is 1. The molecule has 3 amide bonds. The first-order valence-electron chi connectivity index (χ1n) is 11.5. The molecule has 37 heavy (non-hydrogen) atoms. The van der Waals surface area contributed by atoms with Gasteiger partial charge in [-0.05, 0) is 31.0 Å². The third-order valence-electron chi connectivity index (χ3n) is 6.02. The number of hydrogen-bond acceptors (Lipinski definition) is 5. The van der Waals surface area contributed by atoms with Crippen LogP contribution in [0.1, 0.15) is 24.9 Å². The number of aryl methyl sites for hydroxylation is 1. The highest BCUT2D eigenvalue weighted by molar-refractivity contribution is 5.95. The van der Waals surface area contributed by atoms with E-state index in [-0.39, 0.29) is 23.4 Å². The standard InChI is InChI=1S/C26H25F2N5O4/c1-17-22(25(35)37-2)23(19-9-10-20(27)21(28)15-19)33(26(36)30-17)32(16-34)13-6-12-31-14-11-29-24(31)18-7-4-3-5-8-18/h3-5,7-11,14-16,23H,6,12-13H2,1-2H3,(H,30,36). The van der Waals surface area contributed by atoms with Crippen LogP contribution in [0.4, 0.5) is 13.6 Å². The van der Waals surface area contributed by atoms with Gasteiger partial charge in [0, 0.05) is 36.7 Å². The second-order valence-corrected chi connectivity index (χ2v) is 8.31. The van der Waals surface area contributed by atoms with E-state index in [1.54, 1.807) is 6.20 Å². The molecule has 1 aliphatic rings. The lowest BCUT2D eigenvalue weighted by atomic mass is 9.94. The second kappa shape index (κ2) is 11.0. The Bertz CT molecular complexity index is 1340. The van der Waals surface area contributed by atoms with Gasteiger partial charge < -0.3 is 14.6 Å². The molecule has 1 atom stereocenters. The fourth-order valence-electron chi connectivity index (χ4n) is 4.31. The van der Waals surface area contributed by atoms with Crippen molar-refractivity contribution in [2.24, 2.45) is 0 Å². The van der Waals surface area contributed by atoms with Crippen molar-refractivity contribution in [1.29, 1.82) is 0 Å². The van der Waals surface area contributed by atoms with Crippen molar-refractivity contribution >= 4 is 18.4 Å². The van der Waals surface area contributed by atoms with E-state index in [1.807, 2.05) is 41.1 Å². The van der Waals surface area contributed by atoms with E-state index in [1.165, 1.54) is 20.1 Å². The SMILES string of the molecule is COC(=O)C1=C(C)NC(=O)N(N(C=O)CCCn2ccnc2-c2ccccc2)C1c1ccc(F)c(F)c1. The maximum Gasteiger partial charge on any atom is 0.341 e. The number of urea groups is 1. The highest BCUT2D eigenvalue weighted by atomic mass is 19.2. The third-order valence-corrected chi connectivity index (χ3v) is 6.02. The molecule has 0 spiro atoms. The van der Waals surface area contributed by atoms with Gasteiger partial charge in [-0.25, -0.2) is 28.4 Å². The number of methoxy groups -OCH3 is 1. The van der Waals surface area contributed by atoms with Crippen LogP contribution in [0, 0.1) is 11.6 Å². The van der Waals surface area contributed by atoms with Crippen LogP contribution in [-0.4, -0.2) is 51.6 Å². The highest BCUT2D eigenvalue weighted by Gasteiger charge is 2.41. The number of amides is 3. The fraction of sp³-hybridized carbons (Fsp3) is 0.231. The number of ether oxygens (including phenoxy) is 1. The van der Waals surface area contributed by atoms with Crippen LogP contribution in [-0.2, 0) is 20.9 Å². The van der Waals surface area contributed by atoms with Crippen molar-refractivity contribution in [3.8, 4) is 11.4 Å². The van der Waals surface area contributed by atoms with Crippen molar-refractivity contribution in [1.82, 2.24) is 24.9 Å². The number of rotatable bonds is 9. The third kappa shape index (κ3) is 5.20. The minimum Gasteiger partial charge on any atom is -0.466 e. The van der Waals surface area contributed by atoms with Crippen LogP contribution in [0.5, 0.6) is 0 Å². The summed E-state index contributed by atoms with van der Waals surface area (Å²) in [4.78, 5) is 42.3. The monoisotopic (exact) mass is 509 g/mol. The maximum absolute atomic E-state index is 14.2. The number of halogens is 2. The predicted molar refractivity (Wildman–Crippen MR) is 129 cm³/mol. The summed E-state index contributed by atoms with van der Waals surface area (Å²) in [5.41, 5.74) is 1.19. The van der Waals surface area contributed by atoms with Crippen LogP contribution < -0.4 is 5.32 Å². The van der Waals surface area contributed by atoms with Crippen LogP contribution in [0.3, 0.4) is 0 Å². The zero-order valence-electron chi connectivity index (χ0n) is 20.2. The van der Waals surface area contributed by atoms with E-state index in [9.17, 15) is 23.2 Å². The molecule has 1 N–H and O–H groups in total. The summed E-state index contributed by atoms with van der Waals surface area (Å²) in [6.07, 6.45) is 4.35. The van der Waals surface area contributed by atoms with E-state index in [2.05, 4.69) is 10.3 Å². The molecule has 1 unspecified atom stereocenters. The van der Waals surface area contributed by atoms with Gasteiger partial charge in [0.1, 0.15) is 11.9 Å². The highest BCUT2D eigenvalue weighted by Crippen LogP contribution is 2.35. The second-order valence-electron chi connectivity index (χ2n) is 8.31. The van der Waals surface area contributed by atoms with Crippen molar-refractivity contribution in [2.45, 2.75) is 25.9 Å². The zero-order valence-corrected chi connectivity index (χ0v) is 20.2. The predicted octanol–water partition coefficient (Wildman–Crippen LogP) is 3.81. The fourth-order valence-corrected chi connectivity index (χ4v) is 4.31. The van der Waals surface area contributed by atoms with Gasteiger partial charge in [0.05, 0.1) is 12.7 Å². The summed E-state index contributed by atoms with van der Waals surface area (Å²) in [6.45, 7) is 2.04. The molecule has 0 fully saturated rings. The Balaban J connectivity index is 1.62. The molecule has 1 aromatic heterocycles. The van der Waals surface area contributed by atoms with Crippen molar-refractivity contribution in [3.05, 3.63) is 89.4 Å².